The first kappa shape index (κ1) is 14.9. The van der Waals surface area contributed by atoms with E-state index >= 15 is 0 Å². The minimum atomic E-state index is -0.780. The number of nitro groups is 1. The topological polar surface area (TPSA) is 72.6 Å². The molecule has 0 radical (unpaired) electrons. The third kappa shape index (κ3) is 3.76. The number of rotatable bonds is 5. The number of nitrogens with zero attached hydrogens (tertiary/aromatic N) is 1. The van der Waals surface area contributed by atoms with Gasteiger partial charge >= 0.3 is 0 Å². The number of ether oxygens (including phenoxy) is 1. The van der Waals surface area contributed by atoms with Crippen molar-refractivity contribution in [2.75, 3.05) is 0 Å². The average Bonchev–Trinajstić information content (AvgIpc) is 2.45. The minimum absolute atomic E-state index is 0.00539. The summed E-state index contributed by atoms with van der Waals surface area (Å²) in [4.78, 5) is 10.1. The Morgan fingerprint density at radius 3 is 2.52 bits per heavy atom. The van der Waals surface area contributed by atoms with E-state index < -0.39 is 16.8 Å². The molecule has 0 saturated heterocycles. The van der Waals surface area contributed by atoms with E-state index in [-0.39, 0.29) is 18.0 Å². The molecule has 1 N–H and O–H groups in total. The number of aliphatic hydroxyl groups excluding tert-OH is 1. The Bertz CT molecular complexity index is 641. The lowest BCUT2D eigenvalue weighted by molar-refractivity contribution is -0.384. The molecule has 5 nitrogen and oxygen atoms in total. The van der Waals surface area contributed by atoms with Crippen molar-refractivity contribution in [2.45, 2.75) is 19.6 Å². The maximum absolute atomic E-state index is 13.2. The Balaban J connectivity index is 2.12. The Hall–Kier alpha value is -2.47. The Kier molecular flexibility index (Phi) is 4.49. The monoisotopic (exact) mass is 291 g/mol. The highest BCUT2D eigenvalue weighted by Crippen LogP contribution is 2.27. The van der Waals surface area contributed by atoms with Gasteiger partial charge in [0.2, 0.25) is 0 Å². The molecule has 1 atom stereocenters. The quantitative estimate of drug-likeness (QED) is 0.677. The zero-order chi connectivity index (χ0) is 15.4. The van der Waals surface area contributed by atoms with Crippen LogP contribution in [0, 0.1) is 15.9 Å². The largest absolute Gasteiger partial charge is 0.488 e. The highest BCUT2D eigenvalue weighted by atomic mass is 19.1. The molecule has 0 aromatic heterocycles. The van der Waals surface area contributed by atoms with Crippen LogP contribution >= 0.6 is 0 Å². The van der Waals surface area contributed by atoms with Crippen LogP contribution in [0.25, 0.3) is 0 Å². The van der Waals surface area contributed by atoms with E-state index in [1.54, 1.807) is 19.1 Å². The zero-order valence-electron chi connectivity index (χ0n) is 11.3. The molecule has 0 saturated carbocycles. The van der Waals surface area contributed by atoms with Gasteiger partial charge in [-0.2, -0.15) is 0 Å². The fraction of sp³-hybridized carbons (Fsp3) is 0.200. The lowest BCUT2D eigenvalue weighted by atomic mass is 10.1. The molecular weight excluding hydrogens is 277 g/mol. The summed E-state index contributed by atoms with van der Waals surface area (Å²) >= 11 is 0. The lowest BCUT2D eigenvalue weighted by Gasteiger charge is -2.13. The Morgan fingerprint density at radius 2 is 1.95 bits per heavy atom. The van der Waals surface area contributed by atoms with E-state index in [1.807, 2.05) is 0 Å². The smallest absolute Gasteiger partial charge is 0.269 e. The second-order valence-corrected chi connectivity index (χ2v) is 4.57. The van der Waals surface area contributed by atoms with Crippen LogP contribution in [0.5, 0.6) is 5.75 Å². The van der Waals surface area contributed by atoms with Crippen molar-refractivity contribution in [3.8, 4) is 5.75 Å². The molecule has 0 amide bonds. The number of hydrogen-bond acceptors (Lipinski definition) is 4. The summed E-state index contributed by atoms with van der Waals surface area (Å²) in [6.07, 6.45) is -0.780. The fourth-order valence-corrected chi connectivity index (χ4v) is 1.85. The van der Waals surface area contributed by atoms with Gasteiger partial charge in [0.1, 0.15) is 18.2 Å². The van der Waals surface area contributed by atoms with Crippen LogP contribution in [0.15, 0.2) is 42.5 Å². The summed E-state index contributed by atoms with van der Waals surface area (Å²) < 4.78 is 18.7. The molecule has 21 heavy (non-hydrogen) atoms. The molecule has 0 bridgehead atoms. The lowest BCUT2D eigenvalue weighted by Crippen LogP contribution is -2.01. The number of benzene rings is 2. The summed E-state index contributed by atoms with van der Waals surface area (Å²) in [7, 11) is 0. The molecule has 110 valence electrons. The van der Waals surface area contributed by atoms with Crippen molar-refractivity contribution in [1.82, 2.24) is 0 Å². The molecule has 0 aliphatic rings. The van der Waals surface area contributed by atoms with Crippen LogP contribution in [0.3, 0.4) is 0 Å². The maximum atomic E-state index is 13.2. The molecule has 6 heteroatoms. The first-order chi connectivity index (χ1) is 9.97. The standard InChI is InChI=1S/C15H14FNO4/c1-10(18)14-7-4-12(16)8-15(14)21-9-11-2-5-13(6-3-11)17(19)20/h2-8,10,18H,9H2,1H3/t10-/m1/s1. The molecule has 2 rings (SSSR count). The molecule has 2 aromatic rings. The number of aliphatic hydroxyl groups is 1. The normalized spacial score (nSPS) is 12.0. The van der Waals surface area contributed by atoms with Gasteiger partial charge in [-0.25, -0.2) is 4.39 Å². The van der Waals surface area contributed by atoms with Gasteiger partial charge < -0.3 is 9.84 Å². The highest BCUT2D eigenvalue weighted by molar-refractivity contribution is 5.36. The van der Waals surface area contributed by atoms with Crippen LogP contribution < -0.4 is 4.74 Å². The molecule has 2 aromatic carbocycles. The summed E-state index contributed by atoms with van der Waals surface area (Å²) in [6, 6.07) is 9.80. The number of nitro benzene ring substituents is 1. The van der Waals surface area contributed by atoms with Crippen molar-refractivity contribution in [2.24, 2.45) is 0 Å². The molecule has 0 aliphatic heterocycles. The number of non-ortho nitro benzene ring substituents is 1. The average molecular weight is 291 g/mol. The molecule has 0 heterocycles. The van der Waals surface area contributed by atoms with E-state index in [0.29, 0.717) is 11.1 Å². The van der Waals surface area contributed by atoms with Crippen LogP contribution in [-0.2, 0) is 6.61 Å². The van der Waals surface area contributed by atoms with Crippen LogP contribution in [0.2, 0.25) is 0 Å². The SMILES string of the molecule is C[C@@H](O)c1ccc(F)cc1OCc1ccc([N+](=O)[O-])cc1. The molecular formula is C15H14FNO4. The second kappa shape index (κ2) is 6.32. The molecule has 0 fully saturated rings. The van der Waals surface area contributed by atoms with E-state index in [1.165, 1.54) is 30.3 Å². The van der Waals surface area contributed by atoms with E-state index in [0.717, 1.165) is 0 Å². The minimum Gasteiger partial charge on any atom is -0.488 e. The van der Waals surface area contributed by atoms with Crippen molar-refractivity contribution in [3.05, 3.63) is 69.5 Å². The van der Waals surface area contributed by atoms with E-state index in [9.17, 15) is 19.6 Å². The van der Waals surface area contributed by atoms with E-state index in [4.69, 9.17) is 4.74 Å². The summed E-state index contributed by atoms with van der Waals surface area (Å²) in [6.45, 7) is 1.69. The van der Waals surface area contributed by atoms with E-state index in [2.05, 4.69) is 0 Å². The van der Waals surface area contributed by atoms with Gasteiger partial charge in [0.15, 0.2) is 0 Å². The Labute approximate surface area is 120 Å². The van der Waals surface area contributed by atoms with Crippen LogP contribution in [-0.4, -0.2) is 10.0 Å². The predicted octanol–water partition coefficient (Wildman–Crippen LogP) is 3.37. The summed E-state index contributed by atoms with van der Waals surface area (Å²) in [5, 5.41) is 20.2. The molecule has 0 spiro atoms. The van der Waals surface area contributed by atoms with Crippen LogP contribution in [0.1, 0.15) is 24.2 Å². The van der Waals surface area contributed by atoms with Crippen molar-refractivity contribution in [1.29, 1.82) is 0 Å². The number of halogens is 1. The summed E-state index contributed by atoms with van der Waals surface area (Å²) in [5.41, 5.74) is 1.19. The van der Waals surface area contributed by atoms with Gasteiger partial charge in [-0.1, -0.05) is 0 Å². The highest BCUT2D eigenvalue weighted by Gasteiger charge is 2.11. The first-order valence-corrected chi connectivity index (χ1v) is 6.31. The first-order valence-electron chi connectivity index (χ1n) is 6.31. The van der Waals surface area contributed by atoms with Crippen LogP contribution in [0.4, 0.5) is 10.1 Å². The summed E-state index contributed by atoms with van der Waals surface area (Å²) in [5.74, 6) is -0.207. The van der Waals surface area contributed by atoms with Gasteiger partial charge in [0, 0.05) is 23.8 Å². The van der Waals surface area contributed by atoms with Gasteiger partial charge in [0.25, 0.3) is 5.69 Å². The molecule has 0 aliphatic carbocycles. The fourth-order valence-electron chi connectivity index (χ4n) is 1.85. The van der Waals surface area contributed by atoms with Crippen molar-refractivity contribution in [3.63, 3.8) is 0 Å². The van der Waals surface area contributed by atoms with Gasteiger partial charge in [-0.15, -0.1) is 0 Å². The van der Waals surface area contributed by atoms with Gasteiger partial charge in [-0.3, -0.25) is 10.1 Å². The van der Waals surface area contributed by atoms with Crippen molar-refractivity contribution < 1.29 is 19.2 Å². The predicted molar refractivity (Wildman–Crippen MR) is 74.5 cm³/mol. The van der Waals surface area contributed by atoms with Gasteiger partial charge in [0.05, 0.1) is 11.0 Å². The maximum Gasteiger partial charge on any atom is 0.269 e. The van der Waals surface area contributed by atoms with Gasteiger partial charge in [-0.05, 0) is 36.8 Å². The second-order valence-electron chi connectivity index (χ2n) is 4.57. The molecule has 0 unspecified atom stereocenters. The zero-order valence-corrected chi connectivity index (χ0v) is 11.3. The third-order valence-electron chi connectivity index (χ3n) is 2.97. The third-order valence-corrected chi connectivity index (χ3v) is 2.97. The Morgan fingerprint density at radius 1 is 1.29 bits per heavy atom. The van der Waals surface area contributed by atoms with Crippen molar-refractivity contribution >= 4 is 5.69 Å². The number of hydrogen-bond donors (Lipinski definition) is 1.